The minimum Gasteiger partial charge on any atom is -0.493 e. The number of carbonyl (C=O) groups excluding carboxylic acids is 2. The molecule has 0 saturated carbocycles. The summed E-state index contributed by atoms with van der Waals surface area (Å²) < 4.78 is 22.0. The molecular weight excluding hydrogens is 580 g/mol. The van der Waals surface area contributed by atoms with Crippen LogP contribution in [0.3, 0.4) is 0 Å². The van der Waals surface area contributed by atoms with Gasteiger partial charge in [0.25, 0.3) is 0 Å². The van der Waals surface area contributed by atoms with Gasteiger partial charge in [0.1, 0.15) is 0 Å². The van der Waals surface area contributed by atoms with Crippen LogP contribution in [-0.4, -0.2) is 64.4 Å². The Balaban J connectivity index is 1.26. The van der Waals surface area contributed by atoms with Crippen molar-refractivity contribution >= 4 is 11.9 Å². The number of likely N-dealkylation sites (tertiary alicyclic amines) is 1. The van der Waals surface area contributed by atoms with Crippen LogP contribution in [0, 0.1) is 0 Å². The molecule has 1 N–H and O–H groups in total. The number of methoxy groups -OCH3 is 3. The number of carbonyl (C=O) groups is 2. The monoisotopic (exact) mass is 624 g/mol. The highest BCUT2D eigenvalue weighted by atomic mass is 16.5. The molecule has 1 unspecified atom stereocenters. The highest BCUT2D eigenvalue weighted by Crippen LogP contribution is 2.43. The van der Waals surface area contributed by atoms with Gasteiger partial charge in [-0.1, -0.05) is 66.7 Å². The zero-order valence-electron chi connectivity index (χ0n) is 27.4. The summed E-state index contributed by atoms with van der Waals surface area (Å²) >= 11 is 0. The third-order valence-electron chi connectivity index (χ3n) is 9.34. The van der Waals surface area contributed by atoms with E-state index in [-0.39, 0.29) is 12.0 Å². The van der Waals surface area contributed by atoms with E-state index in [1.54, 1.807) is 33.3 Å². The fraction of sp³-hybridized carbons (Fsp3) is 0.368. The number of hydrogen-bond donors (Lipinski definition) is 1. The minimum atomic E-state index is -0.702. The molecule has 0 aliphatic carbocycles. The standard InChI is InChI=1S/C38H44N2O6/c1-26-33(36(41)45-5)35(28-17-18-31(43-3)32(25-28)44-4)34(27(2)39-26)37(42)46-24-12-21-40-22-19-38(20-23-40,29-13-8-6-9-14-29)30-15-10-7-11-16-30/h6-11,13-18,25,35,39H,12,19-24H2,1-5H3. The fourth-order valence-electron chi connectivity index (χ4n) is 6.96. The van der Waals surface area contributed by atoms with Gasteiger partial charge in [0.2, 0.25) is 0 Å². The minimum absolute atomic E-state index is 0.00832. The molecule has 8 nitrogen and oxygen atoms in total. The van der Waals surface area contributed by atoms with Crippen molar-refractivity contribution < 1.29 is 28.5 Å². The summed E-state index contributed by atoms with van der Waals surface area (Å²) in [5, 5.41) is 3.20. The number of rotatable bonds is 11. The van der Waals surface area contributed by atoms with Gasteiger partial charge in [0.15, 0.2) is 11.5 Å². The van der Waals surface area contributed by atoms with E-state index in [4.69, 9.17) is 18.9 Å². The second-order valence-corrected chi connectivity index (χ2v) is 11.9. The molecule has 8 heteroatoms. The molecule has 2 heterocycles. The summed E-state index contributed by atoms with van der Waals surface area (Å²) in [4.78, 5) is 29.2. The Hall–Kier alpha value is -4.56. The van der Waals surface area contributed by atoms with E-state index in [1.807, 2.05) is 13.0 Å². The van der Waals surface area contributed by atoms with Crippen LogP contribution in [0.5, 0.6) is 11.5 Å². The molecular formula is C38H44N2O6. The van der Waals surface area contributed by atoms with Gasteiger partial charge in [-0.2, -0.15) is 0 Å². The van der Waals surface area contributed by atoms with E-state index in [1.165, 1.54) is 18.2 Å². The molecule has 242 valence electrons. The number of piperidine rings is 1. The Bertz CT molecular complexity index is 1550. The van der Waals surface area contributed by atoms with Gasteiger partial charge in [0.05, 0.1) is 45.0 Å². The number of dihydropyridines is 1. The molecule has 46 heavy (non-hydrogen) atoms. The topological polar surface area (TPSA) is 86.3 Å². The van der Waals surface area contributed by atoms with Crippen LogP contribution in [0.25, 0.3) is 0 Å². The summed E-state index contributed by atoms with van der Waals surface area (Å²) in [6, 6.07) is 27.0. The fourth-order valence-corrected chi connectivity index (χ4v) is 6.96. The molecule has 0 spiro atoms. The first-order chi connectivity index (χ1) is 22.3. The molecule has 0 amide bonds. The number of benzene rings is 3. The van der Waals surface area contributed by atoms with E-state index >= 15 is 0 Å². The number of esters is 2. The molecule has 0 bridgehead atoms. The van der Waals surface area contributed by atoms with Crippen LogP contribution in [-0.2, 0) is 24.5 Å². The largest absolute Gasteiger partial charge is 0.493 e. The maximum atomic E-state index is 13.7. The van der Waals surface area contributed by atoms with Crippen LogP contribution in [0.4, 0.5) is 0 Å². The average Bonchev–Trinajstić information content (AvgIpc) is 3.10. The lowest BCUT2D eigenvalue weighted by Gasteiger charge is -2.43. The zero-order valence-corrected chi connectivity index (χ0v) is 27.4. The van der Waals surface area contributed by atoms with Crippen LogP contribution in [0.15, 0.2) is 101 Å². The second kappa shape index (κ2) is 14.7. The first-order valence-corrected chi connectivity index (χ1v) is 15.8. The number of allylic oxidation sites excluding steroid dienone is 2. The smallest absolute Gasteiger partial charge is 0.336 e. The summed E-state index contributed by atoms with van der Waals surface area (Å²) in [5.74, 6) is -0.643. The van der Waals surface area contributed by atoms with Crippen molar-refractivity contribution in [2.45, 2.75) is 44.4 Å². The second-order valence-electron chi connectivity index (χ2n) is 11.9. The van der Waals surface area contributed by atoms with Gasteiger partial charge in [-0.3, -0.25) is 0 Å². The van der Waals surface area contributed by atoms with Crippen LogP contribution in [0.2, 0.25) is 0 Å². The summed E-state index contributed by atoms with van der Waals surface area (Å²) in [7, 11) is 4.45. The first kappa shape index (κ1) is 32.8. The quantitative estimate of drug-likeness (QED) is 0.202. The van der Waals surface area contributed by atoms with Crippen molar-refractivity contribution in [1.82, 2.24) is 10.2 Å². The lowest BCUT2D eigenvalue weighted by atomic mass is 9.68. The number of ether oxygens (including phenoxy) is 4. The van der Waals surface area contributed by atoms with Crippen LogP contribution >= 0.6 is 0 Å². The van der Waals surface area contributed by atoms with Gasteiger partial charge in [-0.25, -0.2) is 9.59 Å². The van der Waals surface area contributed by atoms with Crippen LogP contribution < -0.4 is 14.8 Å². The molecule has 1 saturated heterocycles. The average molecular weight is 625 g/mol. The highest BCUT2D eigenvalue weighted by Gasteiger charge is 2.39. The molecule has 2 aliphatic heterocycles. The molecule has 5 rings (SSSR count). The maximum absolute atomic E-state index is 13.7. The summed E-state index contributed by atoms with van der Waals surface area (Å²) in [6.45, 7) is 6.63. The van der Waals surface area contributed by atoms with Gasteiger partial charge in [0, 0.05) is 23.4 Å². The molecule has 1 atom stereocenters. The predicted molar refractivity (Wildman–Crippen MR) is 178 cm³/mol. The Kier molecular flexibility index (Phi) is 10.5. The molecule has 1 fully saturated rings. The van der Waals surface area contributed by atoms with Crippen molar-refractivity contribution in [1.29, 1.82) is 0 Å². The van der Waals surface area contributed by atoms with Crippen molar-refractivity contribution in [3.8, 4) is 11.5 Å². The number of nitrogens with one attached hydrogen (secondary N) is 1. The van der Waals surface area contributed by atoms with E-state index in [2.05, 4.69) is 70.9 Å². The predicted octanol–water partition coefficient (Wildman–Crippen LogP) is 6.13. The lowest BCUT2D eigenvalue weighted by Crippen LogP contribution is -2.43. The molecule has 3 aromatic rings. The summed E-state index contributed by atoms with van der Waals surface area (Å²) in [6.07, 6.45) is 2.75. The zero-order chi connectivity index (χ0) is 32.7. The van der Waals surface area contributed by atoms with Crippen molar-refractivity contribution in [2.75, 3.05) is 47.6 Å². The van der Waals surface area contributed by atoms with Crippen molar-refractivity contribution in [3.63, 3.8) is 0 Å². The first-order valence-electron chi connectivity index (χ1n) is 15.8. The lowest BCUT2D eigenvalue weighted by molar-refractivity contribution is -0.139. The van der Waals surface area contributed by atoms with Crippen LogP contribution in [0.1, 0.15) is 55.7 Å². The van der Waals surface area contributed by atoms with Gasteiger partial charge < -0.3 is 29.2 Å². The molecule has 0 radical (unpaired) electrons. The van der Waals surface area contributed by atoms with Crippen molar-refractivity contribution in [2.24, 2.45) is 0 Å². The number of hydrogen-bond acceptors (Lipinski definition) is 8. The molecule has 2 aliphatic rings. The van der Waals surface area contributed by atoms with Gasteiger partial charge >= 0.3 is 11.9 Å². The van der Waals surface area contributed by atoms with E-state index in [9.17, 15) is 9.59 Å². The third kappa shape index (κ3) is 6.67. The maximum Gasteiger partial charge on any atom is 0.336 e. The molecule has 0 aromatic heterocycles. The highest BCUT2D eigenvalue weighted by molar-refractivity contribution is 5.99. The SMILES string of the molecule is COC(=O)C1=C(C)NC(C)=C(C(=O)OCCCN2CCC(c3ccccc3)(c3ccccc3)CC2)C1c1ccc(OC)c(OC)c1. The Morgan fingerprint density at radius 2 is 1.35 bits per heavy atom. The third-order valence-corrected chi connectivity index (χ3v) is 9.34. The Morgan fingerprint density at radius 3 is 1.89 bits per heavy atom. The van der Waals surface area contributed by atoms with E-state index < -0.39 is 17.9 Å². The van der Waals surface area contributed by atoms with Gasteiger partial charge in [-0.05, 0) is 75.0 Å². The van der Waals surface area contributed by atoms with Gasteiger partial charge in [-0.15, -0.1) is 0 Å². The number of nitrogens with zero attached hydrogens (tertiary/aromatic N) is 1. The molecule has 3 aromatic carbocycles. The normalized spacial score (nSPS) is 18.1. The summed E-state index contributed by atoms with van der Waals surface area (Å²) in [5.41, 5.74) is 5.37. The van der Waals surface area contributed by atoms with E-state index in [0.717, 1.165) is 32.5 Å². The van der Waals surface area contributed by atoms with E-state index in [0.29, 0.717) is 46.0 Å². The van der Waals surface area contributed by atoms with Crippen molar-refractivity contribution in [3.05, 3.63) is 118 Å². The Morgan fingerprint density at radius 1 is 0.783 bits per heavy atom. The Labute approximate surface area is 272 Å².